The fourth-order valence-corrected chi connectivity index (χ4v) is 2.51. The molecule has 0 saturated carbocycles. The van der Waals surface area contributed by atoms with Gasteiger partial charge in [-0.15, -0.1) is 0 Å². The van der Waals surface area contributed by atoms with Crippen LogP contribution in [0.15, 0.2) is 30.5 Å². The number of aromatic nitrogens is 1. The second-order valence-corrected chi connectivity index (χ2v) is 5.80. The largest absolute Gasteiger partial charge is 0.496 e. The zero-order valence-corrected chi connectivity index (χ0v) is 13.1. The number of aliphatic hydroxyl groups is 1. The molecule has 0 fully saturated rings. The van der Waals surface area contributed by atoms with Gasteiger partial charge in [-0.05, 0) is 33.2 Å². The van der Waals surface area contributed by atoms with Gasteiger partial charge in [0.05, 0.1) is 12.7 Å². The molecule has 1 atom stereocenters. The Kier molecular flexibility index (Phi) is 4.65. The van der Waals surface area contributed by atoms with E-state index in [1.807, 2.05) is 50.2 Å². The number of fused-ring (bicyclic) bond motifs is 1. The maximum Gasteiger partial charge on any atom is 0.134 e. The number of ether oxygens (including phenoxy) is 1. The lowest BCUT2D eigenvalue weighted by Gasteiger charge is -2.27. The van der Waals surface area contributed by atoms with Gasteiger partial charge in [-0.25, -0.2) is 4.98 Å². The Bertz CT molecular complexity index is 611. The summed E-state index contributed by atoms with van der Waals surface area (Å²) in [4.78, 5) is 6.33. The van der Waals surface area contributed by atoms with Gasteiger partial charge >= 0.3 is 0 Å². The van der Waals surface area contributed by atoms with Crippen molar-refractivity contribution in [1.82, 2.24) is 9.88 Å². The molecule has 0 aliphatic carbocycles. The van der Waals surface area contributed by atoms with Crippen molar-refractivity contribution in [3.05, 3.63) is 30.5 Å². The van der Waals surface area contributed by atoms with Crippen LogP contribution >= 0.6 is 0 Å². The number of nitrogens with one attached hydrogen (secondary N) is 1. The Morgan fingerprint density at radius 1 is 1.29 bits per heavy atom. The fraction of sp³-hybridized carbons (Fsp3) is 0.438. The van der Waals surface area contributed by atoms with Gasteiger partial charge in [0.15, 0.2) is 0 Å². The van der Waals surface area contributed by atoms with Gasteiger partial charge in [-0.1, -0.05) is 12.1 Å². The SMILES string of the molecule is COc1cccc2c(NCC(C)(O)CN(C)C)nccc12. The van der Waals surface area contributed by atoms with E-state index in [4.69, 9.17) is 4.74 Å². The second-order valence-electron chi connectivity index (χ2n) is 5.80. The third-order valence-electron chi connectivity index (χ3n) is 3.28. The molecule has 1 aromatic heterocycles. The van der Waals surface area contributed by atoms with Crippen molar-refractivity contribution in [1.29, 1.82) is 0 Å². The molecule has 0 amide bonds. The Balaban J connectivity index is 2.23. The molecular formula is C16H23N3O2. The van der Waals surface area contributed by atoms with Crippen LogP contribution in [0.2, 0.25) is 0 Å². The van der Waals surface area contributed by atoms with E-state index in [0.717, 1.165) is 22.3 Å². The molecular weight excluding hydrogens is 266 g/mol. The summed E-state index contributed by atoms with van der Waals surface area (Å²) in [5.41, 5.74) is -0.827. The van der Waals surface area contributed by atoms with Crippen molar-refractivity contribution in [3.63, 3.8) is 0 Å². The highest BCUT2D eigenvalue weighted by Gasteiger charge is 2.21. The third kappa shape index (κ3) is 3.83. The molecule has 2 rings (SSSR count). The van der Waals surface area contributed by atoms with Gasteiger partial charge in [0.1, 0.15) is 11.6 Å². The highest BCUT2D eigenvalue weighted by molar-refractivity contribution is 5.95. The molecule has 2 aromatic rings. The van der Waals surface area contributed by atoms with Crippen molar-refractivity contribution in [2.45, 2.75) is 12.5 Å². The van der Waals surface area contributed by atoms with E-state index in [-0.39, 0.29) is 0 Å². The van der Waals surface area contributed by atoms with Crippen LogP contribution in [-0.4, -0.2) is 54.9 Å². The van der Waals surface area contributed by atoms with E-state index >= 15 is 0 Å². The molecule has 5 heteroatoms. The quantitative estimate of drug-likeness (QED) is 0.851. The van der Waals surface area contributed by atoms with Crippen LogP contribution in [0, 0.1) is 0 Å². The Morgan fingerprint density at radius 3 is 2.71 bits per heavy atom. The van der Waals surface area contributed by atoms with Crippen LogP contribution in [0.3, 0.4) is 0 Å². The summed E-state index contributed by atoms with van der Waals surface area (Å²) in [6, 6.07) is 7.78. The fourth-order valence-electron chi connectivity index (χ4n) is 2.51. The van der Waals surface area contributed by atoms with E-state index in [9.17, 15) is 5.11 Å². The summed E-state index contributed by atoms with van der Waals surface area (Å²) in [6.07, 6.45) is 1.74. The smallest absolute Gasteiger partial charge is 0.134 e. The number of hydrogen-bond donors (Lipinski definition) is 2. The Morgan fingerprint density at radius 2 is 2.05 bits per heavy atom. The first kappa shape index (κ1) is 15.5. The van der Waals surface area contributed by atoms with Gasteiger partial charge in [0, 0.05) is 30.1 Å². The van der Waals surface area contributed by atoms with Crippen LogP contribution in [0.5, 0.6) is 5.75 Å². The average Bonchev–Trinajstić information content (AvgIpc) is 2.43. The number of benzene rings is 1. The summed E-state index contributed by atoms with van der Waals surface area (Å²) in [6.45, 7) is 2.81. The monoisotopic (exact) mass is 289 g/mol. The van der Waals surface area contributed by atoms with Crippen molar-refractivity contribution in [2.24, 2.45) is 0 Å². The van der Waals surface area contributed by atoms with Crippen molar-refractivity contribution in [3.8, 4) is 5.75 Å². The maximum absolute atomic E-state index is 10.4. The van der Waals surface area contributed by atoms with Crippen molar-refractivity contribution < 1.29 is 9.84 Å². The first-order valence-electron chi connectivity index (χ1n) is 6.96. The number of anilines is 1. The van der Waals surface area contributed by atoms with Gasteiger partial charge in [-0.3, -0.25) is 0 Å². The lowest BCUT2D eigenvalue weighted by atomic mass is 10.1. The molecule has 0 aliphatic rings. The standard InChI is InChI=1S/C16H23N3O2/c1-16(20,11-19(2)3)10-18-15-13-6-5-7-14(21-4)12(13)8-9-17-15/h5-9,20H,10-11H2,1-4H3,(H,17,18). The summed E-state index contributed by atoms with van der Waals surface area (Å²) in [5, 5.41) is 15.6. The van der Waals surface area contributed by atoms with E-state index < -0.39 is 5.60 Å². The van der Waals surface area contributed by atoms with Crippen LogP contribution in [0.25, 0.3) is 10.8 Å². The zero-order chi connectivity index (χ0) is 15.5. The highest BCUT2D eigenvalue weighted by Crippen LogP contribution is 2.29. The lowest BCUT2D eigenvalue weighted by molar-refractivity contribution is 0.0459. The third-order valence-corrected chi connectivity index (χ3v) is 3.28. The molecule has 0 radical (unpaired) electrons. The number of likely N-dealkylation sites (N-methyl/N-ethyl adjacent to an activating group) is 1. The van der Waals surface area contributed by atoms with Gasteiger partial charge < -0.3 is 20.1 Å². The normalized spacial score (nSPS) is 14.2. The number of rotatable bonds is 6. The molecule has 114 valence electrons. The molecule has 21 heavy (non-hydrogen) atoms. The molecule has 0 spiro atoms. The van der Waals surface area contributed by atoms with Crippen LogP contribution < -0.4 is 10.1 Å². The summed E-state index contributed by atoms with van der Waals surface area (Å²) >= 11 is 0. The number of hydrogen-bond acceptors (Lipinski definition) is 5. The minimum atomic E-state index is -0.827. The molecule has 0 bridgehead atoms. The zero-order valence-electron chi connectivity index (χ0n) is 13.1. The first-order valence-corrected chi connectivity index (χ1v) is 6.96. The topological polar surface area (TPSA) is 57.6 Å². The van der Waals surface area contributed by atoms with Crippen molar-refractivity contribution >= 4 is 16.6 Å². The van der Waals surface area contributed by atoms with Crippen LogP contribution in [-0.2, 0) is 0 Å². The second kappa shape index (κ2) is 6.28. The predicted molar refractivity (Wildman–Crippen MR) is 86.0 cm³/mol. The number of nitrogens with zero attached hydrogens (tertiary/aromatic N) is 2. The van der Waals surface area contributed by atoms with Gasteiger partial charge in [0.25, 0.3) is 0 Å². The molecule has 1 unspecified atom stereocenters. The molecule has 2 N–H and O–H groups in total. The van der Waals surface area contributed by atoms with Gasteiger partial charge in [-0.2, -0.15) is 0 Å². The van der Waals surface area contributed by atoms with Gasteiger partial charge in [0.2, 0.25) is 0 Å². The minimum Gasteiger partial charge on any atom is -0.496 e. The molecule has 0 aliphatic heterocycles. The van der Waals surface area contributed by atoms with Crippen LogP contribution in [0.1, 0.15) is 6.92 Å². The van der Waals surface area contributed by atoms with E-state index in [1.165, 1.54) is 0 Å². The molecule has 0 saturated heterocycles. The summed E-state index contributed by atoms with van der Waals surface area (Å²) in [5.74, 6) is 1.57. The Labute approximate surface area is 125 Å². The summed E-state index contributed by atoms with van der Waals surface area (Å²) in [7, 11) is 5.54. The minimum absolute atomic E-state index is 0.425. The van der Waals surface area contributed by atoms with E-state index in [1.54, 1.807) is 13.3 Å². The highest BCUT2D eigenvalue weighted by atomic mass is 16.5. The molecule has 1 aromatic carbocycles. The predicted octanol–water partition coefficient (Wildman–Crippen LogP) is 1.97. The maximum atomic E-state index is 10.4. The molecule has 1 heterocycles. The van der Waals surface area contributed by atoms with Crippen LogP contribution in [0.4, 0.5) is 5.82 Å². The van der Waals surface area contributed by atoms with E-state index in [2.05, 4.69) is 10.3 Å². The molecule has 5 nitrogen and oxygen atoms in total. The number of pyridine rings is 1. The lowest BCUT2D eigenvalue weighted by Crippen LogP contribution is -2.43. The Hall–Kier alpha value is -1.85. The van der Waals surface area contributed by atoms with E-state index in [0.29, 0.717) is 13.1 Å². The van der Waals surface area contributed by atoms with Crippen molar-refractivity contribution in [2.75, 3.05) is 39.6 Å². The first-order chi connectivity index (χ1) is 9.93. The number of methoxy groups -OCH3 is 1. The summed E-state index contributed by atoms with van der Waals surface area (Å²) < 4.78 is 5.37. The average molecular weight is 289 g/mol.